The average molecular weight is 266 g/mol. The number of carbonyl (C=O) groups is 1. The van der Waals surface area contributed by atoms with Crippen molar-refractivity contribution < 1.29 is 47.9 Å². The van der Waals surface area contributed by atoms with Crippen molar-refractivity contribution in [3.8, 4) is 0 Å². The number of primary amides is 1. The molecule has 0 saturated carbocycles. The first-order valence-electron chi connectivity index (χ1n) is 3.40. The van der Waals surface area contributed by atoms with Crippen LogP contribution in [-0.4, -0.2) is 36.8 Å². The molecule has 1 saturated heterocycles. The summed E-state index contributed by atoms with van der Waals surface area (Å²) in [7, 11) is -4.01. The van der Waals surface area contributed by atoms with Gasteiger partial charge in [0, 0.05) is 0 Å². The van der Waals surface area contributed by atoms with Gasteiger partial charge in [0.1, 0.15) is 11.3 Å². The van der Waals surface area contributed by atoms with Crippen LogP contribution in [-0.2, 0) is 10.1 Å². The van der Waals surface area contributed by atoms with E-state index in [-0.39, 0.29) is 37.4 Å². The minimum absolute atomic E-state index is 0. The zero-order chi connectivity index (χ0) is 9.41. The van der Waals surface area contributed by atoms with Crippen LogP contribution < -0.4 is 35.4 Å². The van der Waals surface area contributed by atoms with Crippen LogP contribution in [0.1, 0.15) is 6.92 Å². The minimum Gasteiger partial charge on any atom is -1.00 e. The zero-order valence-electron chi connectivity index (χ0n) is 7.33. The van der Waals surface area contributed by atoms with E-state index in [1.165, 1.54) is 5.32 Å². The van der Waals surface area contributed by atoms with Gasteiger partial charge >= 0.3 is 6.03 Å². The lowest BCUT2D eigenvalue weighted by Gasteiger charge is -2.14. The number of halogens is 2. The first-order valence-corrected chi connectivity index (χ1v) is 5.01. The molecule has 1 heterocycles. The molecule has 9 heteroatoms. The molecule has 4 N–H and O–H groups in total. The van der Waals surface area contributed by atoms with E-state index in [1.807, 2.05) is 0 Å². The fourth-order valence-electron chi connectivity index (χ4n) is 1.22. The van der Waals surface area contributed by atoms with Gasteiger partial charge in [0.25, 0.3) is 10.1 Å². The van der Waals surface area contributed by atoms with Crippen molar-refractivity contribution in [1.82, 2.24) is 5.32 Å². The molecule has 1 unspecified atom stereocenters. The Bertz CT molecular complexity index is 307. The molecule has 0 bridgehead atoms. The van der Waals surface area contributed by atoms with Gasteiger partial charge in [-0.1, -0.05) is 0 Å². The van der Waals surface area contributed by atoms with Crippen LogP contribution in [0.4, 0.5) is 4.79 Å². The Morgan fingerprint density at radius 1 is 1.57 bits per heavy atom. The van der Waals surface area contributed by atoms with Crippen LogP contribution in [0.15, 0.2) is 0 Å². The number of nitrogens with two attached hydrogens (primary N) is 1. The molecular weight excluding hydrogens is 255 g/mol. The molecule has 6 nitrogen and oxygen atoms in total. The standard InChI is InChI=1S/C5H10N2O4S.2ClH/c1-5(3-12(9,10)11)2-6-4(8)7-5;;/h2-3H2,1H3,(H2,6,7,8)(H,9,10,11);2*1H/p-1. The summed E-state index contributed by atoms with van der Waals surface area (Å²) >= 11 is 0. The van der Waals surface area contributed by atoms with Gasteiger partial charge in [0.05, 0.1) is 6.54 Å². The largest absolute Gasteiger partial charge is 1.00 e. The Morgan fingerprint density at radius 2 is 2.07 bits per heavy atom. The van der Waals surface area contributed by atoms with Crippen LogP contribution in [0.25, 0.3) is 0 Å². The minimum atomic E-state index is -4.01. The lowest BCUT2D eigenvalue weighted by atomic mass is 10.1. The van der Waals surface area contributed by atoms with E-state index in [9.17, 15) is 13.2 Å². The number of amides is 2. The molecule has 1 atom stereocenters. The lowest BCUT2D eigenvalue weighted by Crippen LogP contribution is -3.00. The quantitative estimate of drug-likeness (QED) is 0.432. The molecule has 2 amide bonds. The summed E-state index contributed by atoms with van der Waals surface area (Å²) in [5.41, 5.74) is -0.773. The number of hydrogen-bond acceptors (Lipinski definition) is 3. The summed E-state index contributed by atoms with van der Waals surface area (Å²) in [5, 5.41) is 3.74. The van der Waals surface area contributed by atoms with Gasteiger partial charge in [-0.2, -0.15) is 8.42 Å². The van der Waals surface area contributed by atoms with E-state index in [0.717, 1.165) is 0 Å². The number of urea groups is 1. The van der Waals surface area contributed by atoms with Crippen LogP contribution in [0.5, 0.6) is 0 Å². The Labute approximate surface area is 94.4 Å². The Balaban J connectivity index is 0. The highest BCUT2D eigenvalue weighted by atomic mass is 35.5. The van der Waals surface area contributed by atoms with E-state index < -0.39 is 21.4 Å². The van der Waals surface area contributed by atoms with Crippen molar-refractivity contribution in [2.45, 2.75) is 12.5 Å². The van der Waals surface area contributed by atoms with Crippen molar-refractivity contribution in [2.24, 2.45) is 0 Å². The van der Waals surface area contributed by atoms with Gasteiger partial charge in [0.15, 0.2) is 0 Å². The third-order valence-electron chi connectivity index (χ3n) is 1.66. The second-order valence-corrected chi connectivity index (χ2v) is 4.69. The van der Waals surface area contributed by atoms with Crippen molar-refractivity contribution >= 4 is 16.1 Å². The van der Waals surface area contributed by atoms with E-state index in [1.54, 1.807) is 6.92 Å². The van der Waals surface area contributed by atoms with Crippen LogP contribution in [0, 0.1) is 0 Å². The fourth-order valence-corrected chi connectivity index (χ4v) is 2.24. The monoisotopic (exact) mass is 265 g/mol. The van der Waals surface area contributed by atoms with E-state index in [2.05, 4.69) is 5.32 Å². The molecule has 86 valence electrons. The summed E-state index contributed by atoms with van der Waals surface area (Å²) in [6, 6.07) is -0.291. The van der Waals surface area contributed by atoms with Gasteiger partial charge in [-0.05, 0) is 6.92 Å². The smallest absolute Gasteiger partial charge is 0.414 e. The van der Waals surface area contributed by atoms with Crippen LogP contribution in [0.3, 0.4) is 0 Å². The van der Waals surface area contributed by atoms with Crippen molar-refractivity contribution in [1.29, 1.82) is 0 Å². The van der Waals surface area contributed by atoms with Crippen molar-refractivity contribution in [3.63, 3.8) is 0 Å². The van der Waals surface area contributed by atoms with Gasteiger partial charge in [-0.25, -0.2) is 4.79 Å². The third-order valence-corrected chi connectivity index (χ3v) is 2.68. The highest BCUT2D eigenvalue weighted by Gasteiger charge is 2.41. The van der Waals surface area contributed by atoms with Gasteiger partial charge < -0.3 is 24.8 Å². The maximum absolute atomic E-state index is 10.7. The normalized spacial score (nSPS) is 26.0. The molecule has 0 aliphatic carbocycles. The van der Waals surface area contributed by atoms with E-state index in [4.69, 9.17) is 4.55 Å². The molecule has 0 aromatic rings. The molecular formula is C5H11Cl2N2O4S-. The van der Waals surface area contributed by atoms with Crippen molar-refractivity contribution in [3.05, 3.63) is 0 Å². The molecule has 14 heavy (non-hydrogen) atoms. The maximum Gasteiger partial charge on any atom is 0.414 e. The average Bonchev–Trinajstić information content (AvgIpc) is 2.05. The number of rotatable bonds is 2. The molecule has 1 rings (SSSR count). The molecule has 0 aromatic carbocycles. The molecule has 1 fully saturated rings. The summed E-state index contributed by atoms with van der Waals surface area (Å²) in [4.78, 5) is 10.7. The summed E-state index contributed by atoms with van der Waals surface area (Å²) in [6.45, 7) is 1.85. The predicted octanol–water partition coefficient (Wildman–Crippen LogP) is -8.07. The summed E-state index contributed by atoms with van der Waals surface area (Å²) in [5.74, 6) is -0.418. The van der Waals surface area contributed by atoms with Crippen LogP contribution >= 0.6 is 0 Å². The second-order valence-electron chi connectivity index (χ2n) is 3.24. The molecule has 1 aliphatic heterocycles. The topological polar surface area (TPSA) is 100 Å². The van der Waals surface area contributed by atoms with E-state index >= 15 is 0 Å². The molecule has 0 radical (unpaired) electrons. The Kier molecular flexibility index (Phi) is 5.99. The second kappa shape index (κ2) is 5.13. The summed E-state index contributed by atoms with van der Waals surface area (Å²) < 4.78 is 29.5. The predicted molar refractivity (Wildman–Crippen MR) is 40.1 cm³/mol. The molecule has 0 spiro atoms. The zero-order valence-corrected chi connectivity index (χ0v) is 9.66. The highest BCUT2D eigenvalue weighted by molar-refractivity contribution is 7.85. The van der Waals surface area contributed by atoms with Crippen LogP contribution in [0.2, 0.25) is 0 Å². The van der Waals surface area contributed by atoms with Gasteiger partial charge in [-0.3, -0.25) is 15.2 Å². The number of hydrogen-bond donors (Lipinski definition) is 3. The van der Waals surface area contributed by atoms with Gasteiger partial charge in [-0.15, -0.1) is 0 Å². The molecule has 0 aromatic heterocycles. The first-order chi connectivity index (χ1) is 5.31. The Morgan fingerprint density at radius 3 is 2.36 bits per heavy atom. The number of carbonyl (C=O) groups excluding carboxylic acids is 1. The SMILES string of the molecule is CC1(CS(=O)(=O)O)CNC(=O)[NH2+]1.[Cl-].[Cl-]. The third kappa shape index (κ3) is 4.97. The first kappa shape index (κ1) is 16.4. The van der Waals surface area contributed by atoms with Gasteiger partial charge in [0.2, 0.25) is 0 Å². The molecule has 1 aliphatic rings. The highest BCUT2D eigenvalue weighted by Crippen LogP contribution is 2.02. The Hall–Kier alpha value is -0.0800. The lowest BCUT2D eigenvalue weighted by molar-refractivity contribution is -0.611. The van der Waals surface area contributed by atoms with Crippen molar-refractivity contribution in [2.75, 3.05) is 12.3 Å². The summed E-state index contributed by atoms with van der Waals surface area (Å²) in [6.07, 6.45) is 0. The van der Waals surface area contributed by atoms with E-state index in [0.29, 0.717) is 0 Å². The number of quaternary nitrogens is 1. The fraction of sp³-hybridized carbons (Fsp3) is 0.800. The number of nitrogens with one attached hydrogen (secondary N) is 1. The maximum atomic E-state index is 10.7.